The van der Waals surface area contributed by atoms with Crippen molar-refractivity contribution in [2.45, 2.75) is 16.8 Å². The Morgan fingerprint density at radius 3 is 1.25 bits per heavy atom. The van der Waals surface area contributed by atoms with Gasteiger partial charge in [0.1, 0.15) is 0 Å². The van der Waals surface area contributed by atoms with Crippen LogP contribution < -0.4 is 0 Å². The van der Waals surface area contributed by atoms with Gasteiger partial charge in [-0.05, 0) is 0 Å². The van der Waals surface area contributed by atoms with Crippen molar-refractivity contribution in [2.75, 3.05) is 0 Å². The minimum absolute atomic E-state index is 0.273. The van der Waals surface area contributed by atoms with Crippen LogP contribution in [0.5, 0.6) is 0 Å². The van der Waals surface area contributed by atoms with Crippen LogP contribution in [0, 0.1) is 0 Å². The third kappa shape index (κ3) is 2.24. The quantitative estimate of drug-likeness (QED) is 0.394. The van der Waals surface area contributed by atoms with E-state index < -0.39 is 16.8 Å². The van der Waals surface area contributed by atoms with Gasteiger partial charge >= 0.3 is 0 Å². The number of allylic oxidation sites excluding steroid dienone is 2. The second-order valence-electron chi connectivity index (χ2n) is 2.91. The van der Waals surface area contributed by atoms with E-state index in [9.17, 15) is 0 Å². The molecule has 0 heterocycles. The van der Waals surface area contributed by atoms with Crippen LogP contribution in [-0.2, 0) is 0 Å². The lowest BCUT2D eigenvalue weighted by atomic mass is 10.2. The maximum absolute atomic E-state index is 5.93. The summed E-state index contributed by atoms with van der Waals surface area (Å²) in [5.41, 5.74) is -0.273. The molecule has 0 unspecified atom stereocenters. The van der Waals surface area contributed by atoms with Gasteiger partial charge in [0.25, 0.3) is 0 Å². The molecule has 0 fully saturated rings. The number of hydrogen-bond donors (Lipinski definition) is 0. The smallest absolute Gasteiger partial charge is 0.0941 e. The van der Waals surface area contributed by atoms with E-state index in [1.54, 1.807) is 0 Å². The van der Waals surface area contributed by atoms with Gasteiger partial charge in [0.15, 0.2) is 13.0 Å². The molecule has 0 aromatic heterocycles. The summed E-state index contributed by atoms with van der Waals surface area (Å²) in [5.74, 6) is 0. The molecule has 0 aromatic carbocycles. The first-order chi connectivity index (χ1) is 6.78. The van der Waals surface area contributed by atoms with E-state index >= 15 is 0 Å². The van der Waals surface area contributed by atoms with E-state index in [4.69, 9.17) is 116 Å². The molecule has 0 aliphatic heterocycles. The van der Waals surface area contributed by atoms with Crippen LogP contribution in [0.3, 0.4) is 0 Å². The molecule has 94 valence electrons. The zero-order valence-corrected chi connectivity index (χ0v) is 14.3. The van der Waals surface area contributed by atoms with E-state index in [0.29, 0.717) is 0 Å². The molecule has 0 saturated heterocycles. The zero-order valence-electron chi connectivity index (χ0n) is 6.78. The van der Waals surface area contributed by atoms with Gasteiger partial charge in [0, 0.05) is 5.57 Å². The third-order valence-corrected chi connectivity index (χ3v) is 6.91. The Kier molecular flexibility index (Phi) is 4.78. The summed E-state index contributed by atoms with van der Waals surface area (Å²) in [6, 6.07) is 0. The normalized spacial score (nSPS) is 27.4. The summed E-state index contributed by atoms with van der Waals surface area (Å²) in [6.07, 6.45) is 0. The van der Waals surface area contributed by atoms with E-state index in [1.165, 1.54) is 0 Å². The standard InChI is InChI=1S/C6Cl10/c7-2-1(5(12,13)14)3(8,9)6(15,16)4(2,10)11. The Labute approximate surface area is 142 Å². The van der Waals surface area contributed by atoms with Gasteiger partial charge in [-0.2, -0.15) is 0 Å². The second kappa shape index (κ2) is 4.58. The molecule has 16 heavy (non-hydrogen) atoms. The first-order valence-corrected chi connectivity index (χ1v) is 7.17. The zero-order chi connectivity index (χ0) is 13.2. The molecule has 1 aliphatic carbocycles. The molecule has 0 nitrogen and oxygen atoms in total. The highest BCUT2D eigenvalue weighted by Crippen LogP contribution is 2.70. The first-order valence-electron chi connectivity index (χ1n) is 3.39. The monoisotopic (exact) mass is 422 g/mol. The first kappa shape index (κ1) is 16.7. The summed E-state index contributed by atoms with van der Waals surface area (Å²) in [5, 5.41) is -0.314. The summed E-state index contributed by atoms with van der Waals surface area (Å²) in [4.78, 5) is 0. The maximum Gasteiger partial charge on any atom is 0.216 e. The molecule has 0 N–H and O–H groups in total. The molecule has 1 aliphatic rings. The van der Waals surface area contributed by atoms with Gasteiger partial charge in [0.05, 0.1) is 5.03 Å². The molecule has 10 heteroatoms. The van der Waals surface area contributed by atoms with Crippen LogP contribution in [0.4, 0.5) is 0 Å². The van der Waals surface area contributed by atoms with Gasteiger partial charge in [0.2, 0.25) is 3.79 Å². The number of hydrogen-bond acceptors (Lipinski definition) is 0. The lowest BCUT2D eigenvalue weighted by Crippen LogP contribution is -2.45. The van der Waals surface area contributed by atoms with Gasteiger partial charge in [-0.3, -0.25) is 0 Å². The lowest BCUT2D eigenvalue weighted by molar-refractivity contribution is 0.747. The molecule has 1 rings (SSSR count). The van der Waals surface area contributed by atoms with Gasteiger partial charge < -0.3 is 0 Å². The van der Waals surface area contributed by atoms with Gasteiger partial charge in [-0.1, -0.05) is 116 Å². The molecule has 0 amide bonds. The number of alkyl halides is 9. The Bertz CT molecular complexity index is 345. The van der Waals surface area contributed by atoms with Crippen molar-refractivity contribution < 1.29 is 0 Å². The van der Waals surface area contributed by atoms with Crippen LogP contribution in [0.1, 0.15) is 0 Å². The van der Waals surface area contributed by atoms with Crippen molar-refractivity contribution in [1.82, 2.24) is 0 Å². The topological polar surface area (TPSA) is 0 Å². The Hall–Kier alpha value is 2.64. The summed E-state index contributed by atoms with van der Waals surface area (Å²) in [6.45, 7) is 0. The van der Waals surface area contributed by atoms with Crippen molar-refractivity contribution >= 4 is 116 Å². The maximum atomic E-state index is 5.93. The minimum atomic E-state index is -2.07. The third-order valence-electron chi connectivity index (χ3n) is 1.88. The SMILES string of the molecule is ClC1=C(C(Cl)(Cl)Cl)C(Cl)(Cl)C(Cl)(Cl)C1(Cl)Cl. The van der Waals surface area contributed by atoms with Gasteiger partial charge in [-0.15, -0.1) is 0 Å². The van der Waals surface area contributed by atoms with Crippen LogP contribution in [0.25, 0.3) is 0 Å². The molecule has 0 atom stereocenters. The largest absolute Gasteiger partial charge is 0.216 e. The molecule has 0 aromatic rings. The fourth-order valence-electron chi connectivity index (χ4n) is 1.09. The van der Waals surface area contributed by atoms with Crippen molar-refractivity contribution in [3.8, 4) is 0 Å². The average molecular weight is 427 g/mol. The van der Waals surface area contributed by atoms with E-state index in [0.717, 1.165) is 0 Å². The summed E-state index contributed by atoms with van der Waals surface area (Å²) >= 11 is 58.2. The highest BCUT2D eigenvalue weighted by atomic mass is 35.6. The summed E-state index contributed by atoms with van der Waals surface area (Å²) in [7, 11) is 0. The molecule has 0 spiro atoms. The van der Waals surface area contributed by atoms with E-state index in [1.807, 2.05) is 0 Å². The van der Waals surface area contributed by atoms with Crippen LogP contribution >= 0.6 is 116 Å². The van der Waals surface area contributed by atoms with Crippen molar-refractivity contribution in [3.63, 3.8) is 0 Å². The fourth-order valence-corrected chi connectivity index (χ4v) is 4.65. The minimum Gasteiger partial charge on any atom is -0.0941 e. The van der Waals surface area contributed by atoms with Gasteiger partial charge in [-0.25, -0.2) is 0 Å². The molecule has 0 bridgehead atoms. The van der Waals surface area contributed by atoms with Crippen LogP contribution in [-0.4, -0.2) is 16.8 Å². The molecular weight excluding hydrogens is 427 g/mol. The Morgan fingerprint density at radius 1 is 0.750 bits per heavy atom. The Balaban J connectivity index is 3.55. The fraction of sp³-hybridized carbons (Fsp3) is 0.667. The number of rotatable bonds is 0. The van der Waals surface area contributed by atoms with Crippen molar-refractivity contribution in [3.05, 3.63) is 10.6 Å². The predicted molar refractivity (Wildman–Crippen MR) is 76.5 cm³/mol. The van der Waals surface area contributed by atoms with E-state index in [-0.39, 0.29) is 10.6 Å². The summed E-state index contributed by atoms with van der Waals surface area (Å²) < 4.78 is -8.13. The van der Waals surface area contributed by atoms with Crippen molar-refractivity contribution in [2.24, 2.45) is 0 Å². The van der Waals surface area contributed by atoms with Crippen LogP contribution in [0.2, 0.25) is 0 Å². The van der Waals surface area contributed by atoms with Crippen molar-refractivity contribution in [1.29, 1.82) is 0 Å². The predicted octanol–water partition coefficient (Wildman–Crippen LogP) is 6.38. The Morgan fingerprint density at radius 2 is 1.12 bits per heavy atom. The second-order valence-corrected chi connectivity index (χ2v) is 9.55. The van der Waals surface area contributed by atoms with Crippen LogP contribution in [0.15, 0.2) is 10.6 Å². The highest BCUT2D eigenvalue weighted by Gasteiger charge is 2.72. The molecule has 0 radical (unpaired) electrons. The number of halogens is 10. The van der Waals surface area contributed by atoms with E-state index in [2.05, 4.69) is 0 Å². The molecule has 0 saturated carbocycles. The molecular formula is C6Cl10. The highest BCUT2D eigenvalue weighted by molar-refractivity contribution is 6.78. The lowest BCUT2D eigenvalue weighted by Gasteiger charge is -2.34. The average Bonchev–Trinajstić information content (AvgIpc) is 2.06.